The van der Waals surface area contributed by atoms with Crippen LogP contribution in [0.15, 0.2) is 95.1 Å². The van der Waals surface area contributed by atoms with Crippen LogP contribution < -0.4 is 16.4 Å². The fourth-order valence-electron chi connectivity index (χ4n) is 3.46. The molecule has 0 spiro atoms. The molecule has 4 N–H and O–H groups in total. The minimum Gasteiger partial charge on any atom is -0.399 e. The van der Waals surface area contributed by atoms with Gasteiger partial charge in [-0.1, -0.05) is 61.7 Å². The molecule has 2 aromatic rings. The fraction of sp³-hybridized carbons (Fsp3) is 0.226. The molecule has 7 nitrogen and oxygen atoms in total. The number of nitrogens with one attached hydrogen (secondary N) is 2. The molecule has 0 bridgehead atoms. The van der Waals surface area contributed by atoms with Gasteiger partial charge in [0.15, 0.2) is 0 Å². The van der Waals surface area contributed by atoms with Gasteiger partial charge in [0, 0.05) is 25.0 Å². The van der Waals surface area contributed by atoms with E-state index in [1.54, 1.807) is 20.0 Å². The summed E-state index contributed by atoms with van der Waals surface area (Å²) in [6, 6.07) is 15.1. The molecule has 7 heteroatoms. The van der Waals surface area contributed by atoms with E-state index in [2.05, 4.69) is 46.4 Å². The summed E-state index contributed by atoms with van der Waals surface area (Å²) < 4.78 is 0. The lowest BCUT2D eigenvalue weighted by Crippen LogP contribution is -2.30. The summed E-state index contributed by atoms with van der Waals surface area (Å²) in [5.41, 5.74) is 13.1. The maximum absolute atomic E-state index is 13.1. The van der Waals surface area contributed by atoms with Crippen molar-refractivity contribution in [1.29, 1.82) is 5.26 Å². The molecule has 0 saturated carbocycles. The third-order valence-corrected chi connectivity index (χ3v) is 6.00. The van der Waals surface area contributed by atoms with Crippen molar-refractivity contribution in [3.05, 3.63) is 107 Å². The minimum atomic E-state index is -0.343. The van der Waals surface area contributed by atoms with Crippen LogP contribution >= 0.6 is 0 Å². The van der Waals surface area contributed by atoms with E-state index in [0.29, 0.717) is 29.3 Å². The lowest BCUT2D eigenvalue weighted by Gasteiger charge is -2.23. The Kier molecular flexibility index (Phi) is 10.5. The highest BCUT2D eigenvalue weighted by molar-refractivity contribution is 6.45. The van der Waals surface area contributed by atoms with Crippen LogP contribution in [0.4, 0.5) is 5.69 Å². The number of nitrogens with zero attached hydrogens (tertiary/aromatic N) is 3. The van der Waals surface area contributed by atoms with Crippen molar-refractivity contribution in [3.8, 4) is 6.07 Å². The van der Waals surface area contributed by atoms with Crippen LogP contribution in [-0.2, 0) is 11.3 Å². The summed E-state index contributed by atoms with van der Waals surface area (Å²) in [7, 11) is 1.62. The van der Waals surface area contributed by atoms with Gasteiger partial charge in [0.25, 0.3) is 5.91 Å². The zero-order chi connectivity index (χ0) is 28.4. The molecule has 0 radical (unpaired) electrons. The molecular formula is C31H36N6O. The summed E-state index contributed by atoms with van der Waals surface area (Å²) in [5, 5.41) is 15.4. The molecule has 0 fully saturated rings. The third-order valence-electron chi connectivity index (χ3n) is 6.00. The first kappa shape index (κ1) is 29.5. The number of amides is 1. The van der Waals surface area contributed by atoms with E-state index in [4.69, 9.17) is 11.0 Å². The van der Waals surface area contributed by atoms with Crippen molar-refractivity contribution in [1.82, 2.24) is 10.6 Å². The predicted octanol–water partition coefficient (Wildman–Crippen LogP) is 5.59. The van der Waals surface area contributed by atoms with Gasteiger partial charge in [-0.15, -0.1) is 0 Å². The summed E-state index contributed by atoms with van der Waals surface area (Å²) in [5.74, 6) is 0.125. The van der Waals surface area contributed by atoms with E-state index < -0.39 is 0 Å². The molecule has 0 aliphatic carbocycles. The summed E-state index contributed by atoms with van der Waals surface area (Å²) in [6.45, 7) is 19.8. The van der Waals surface area contributed by atoms with Crippen LogP contribution in [0.3, 0.4) is 0 Å². The number of hydrogen-bond donors (Lipinski definition) is 3. The van der Waals surface area contributed by atoms with Crippen molar-refractivity contribution in [2.75, 3.05) is 12.8 Å². The number of aliphatic imine (C=N–C) groups is 2. The number of carbonyl (C=O) groups excluding carboxylic acids is 1. The van der Waals surface area contributed by atoms with Crippen LogP contribution in [0.25, 0.3) is 5.57 Å². The molecule has 1 unspecified atom stereocenters. The molecule has 1 amide bonds. The number of amidine groups is 1. The Balaban J connectivity index is 2.24. The van der Waals surface area contributed by atoms with Gasteiger partial charge in [-0.2, -0.15) is 5.26 Å². The number of benzene rings is 2. The van der Waals surface area contributed by atoms with Gasteiger partial charge in [-0.25, -0.2) is 4.99 Å². The minimum absolute atomic E-state index is 0.208. The number of anilines is 1. The zero-order valence-corrected chi connectivity index (χ0v) is 22.9. The second kappa shape index (κ2) is 13.6. The van der Waals surface area contributed by atoms with Crippen LogP contribution in [0, 0.1) is 18.3 Å². The van der Waals surface area contributed by atoms with E-state index in [1.165, 1.54) is 0 Å². The van der Waals surface area contributed by atoms with Gasteiger partial charge in [0.2, 0.25) is 0 Å². The van der Waals surface area contributed by atoms with Gasteiger partial charge in [-0.05, 0) is 67.7 Å². The molecule has 0 saturated heterocycles. The third kappa shape index (κ3) is 8.17. The van der Waals surface area contributed by atoms with Gasteiger partial charge in [0.1, 0.15) is 11.5 Å². The predicted molar refractivity (Wildman–Crippen MR) is 159 cm³/mol. The number of rotatable bonds is 10. The first-order valence-corrected chi connectivity index (χ1v) is 12.1. The molecule has 0 aromatic heterocycles. The number of aryl methyl sites for hydroxylation is 1. The highest BCUT2D eigenvalue weighted by Gasteiger charge is 2.16. The highest BCUT2D eigenvalue weighted by Crippen LogP contribution is 2.24. The van der Waals surface area contributed by atoms with Gasteiger partial charge in [0.05, 0.1) is 17.7 Å². The number of nitriles is 1. The second-order valence-electron chi connectivity index (χ2n) is 9.08. The first-order valence-electron chi connectivity index (χ1n) is 12.1. The number of hydrogen-bond acceptors (Lipinski definition) is 5. The largest absolute Gasteiger partial charge is 0.399 e. The molecule has 0 heterocycles. The first-order chi connectivity index (χ1) is 18.0. The Hall–Kier alpha value is -4.70. The van der Waals surface area contributed by atoms with E-state index in [9.17, 15) is 4.79 Å². The molecule has 38 heavy (non-hydrogen) atoms. The molecule has 2 aromatic carbocycles. The van der Waals surface area contributed by atoms with Crippen LogP contribution in [-0.4, -0.2) is 24.5 Å². The van der Waals surface area contributed by atoms with E-state index >= 15 is 0 Å². The molecule has 0 aliphatic heterocycles. The smallest absolute Gasteiger partial charge is 0.270 e. The fourth-order valence-corrected chi connectivity index (χ4v) is 3.46. The Bertz CT molecular complexity index is 1370. The zero-order valence-electron chi connectivity index (χ0n) is 22.9. The van der Waals surface area contributed by atoms with Crippen molar-refractivity contribution in [2.45, 2.75) is 40.3 Å². The average Bonchev–Trinajstić information content (AvgIpc) is 2.90. The number of carbonyl (C=O) groups is 1. The molecule has 2 rings (SSSR count). The summed E-state index contributed by atoms with van der Waals surface area (Å²) in [6.07, 6.45) is 1.68. The molecular weight excluding hydrogens is 472 g/mol. The van der Waals surface area contributed by atoms with E-state index in [0.717, 1.165) is 33.4 Å². The van der Waals surface area contributed by atoms with Crippen LogP contribution in [0.5, 0.6) is 0 Å². The topological polar surface area (TPSA) is 116 Å². The number of allylic oxidation sites excluding steroid dienone is 2. The summed E-state index contributed by atoms with van der Waals surface area (Å²) >= 11 is 0. The van der Waals surface area contributed by atoms with Crippen molar-refractivity contribution in [2.24, 2.45) is 9.98 Å². The molecule has 0 aliphatic rings. The maximum Gasteiger partial charge on any atom is 0.270 e. The quantitative estimate of drug-likeness (QED) is 0.0969. The Morgan fingerprint density at radius 3 is 2.34 bits per heavy atom. The van der Waals surface area contributed by atoms with Crippen molar-refractivity contribution >= 4 is 28.7 Å². The van der Waals surface area contributed by atoms with Crippen molar-refractivity contribution in [3.63, 3.8) is 0 Å². The van der Waals surface area contributed by atoms with Gasteiger partial charge < -0.3 is 16.4 Å². The lowest BCUT2D eigenvalue weighted by atomic mass is 9.97. The van der Waals surface area contributed by atoms with Crippen molar-refractivity contribution < 1.29 is 4.79 Å². The number of nitrogen functional groups attached to an aromatic ring is 1. The Labute approximate surface area is 225 Å². The van der Waals surface area contributed by atoms with E-state index in [1.807, 2.05) is 63.2 Å². The number of nitrogens with two attached hydrogens (primary N) is 1. The highest BCUT2D eigenvalue weighted by atomic mass is 16.1. The Morgan fingerprint density at radius 2 is 1.79 bits per heavy atom. The second-order valence-corrected chi connectivity index (χ2v) is 9.08. The maximum atomic E-state index is 13.1. The normalized spacial score (nSPS) is 12.8. The van der Waals surface area contributed by atoms with Gasteiger partial charge in [-0.3, -0.25) is 9.79 Å². The monoisotopic (exact) mass is 508 g/mol. The lowest BCUT2D eigenvalue weighted by molar-refractivity contribution is -0.114. The SMILES string of the molecule is C=C(NC(C(=C)C)c1ccc(C(=C)C#N)cc1)/C(C)=C/C(=NC(C)=NC)C(=O)NCc1ccc(C)c(N)c1. The van der Waals surface area contributed by atoms with E-state index in [-0.39, 0.29) is 17.7 Å². The van der Waals surface area contributed by atoms with Gasteiger partial charge >= 0.3 is 0 Å². The standard InChI is InChI=1S/C31H36N6O/c1-19(2)30(27-13-11-26(12-14-27)22(5)17-32)36-23(6)21(4)15-29(37-24(7)34-8)31(38)35-18-25-10-9-20(3)28(33)16-25/h9-16,30,36H,1,5-6,18,33H2,2-4,7-8H3,(H,35,38)/b21-15+,34-24?,37-29?. The summed E-state index contributed by atoms with van der Waals surface area (Å²) in [4.78, 5) is 21.5. The average molecular weight is 509 g/mol. The molecule has 1 atom stereocenters. The van der Waals surface area contributed by atoms with Crippen LogP contribution in [0.1, 0.15) is 49.1 Å². The Morgan fingerprint density at radius 1 is 1.13 bits per heavy atom. The molecule has 196 valence electrons. The van der Waals surface area contributed by atoms with Crippen LogP contribution in [0.2, 0.25) is 0 Å².